The Morgan fingerprint density at radius 2 is 1.91 bits per heavy atom. The van der Waals surface area contributed by atoms with Gasteiger partial charge in [-0.15, -0.1) is 0 Å². The van der Waals surface area contributed by atoms with Crippen LogP contribution < -0.4 is 20.3 Å². The number of nitrogens with one attached hydrogen (secondary N) is 1. The van der Waals surface area contributed by atoms with Crippen LogP contribution in [0.25, 0.3) is 11.0 Å². The SMILES string of the molecule is O=c1ccc2ncc(F)c3c2n1C(CN1CCC(NCc2cc4c(cn2)OCCO4)CC1)C3. The first-order valence-corrected chi connectivity index (χ1v) is 11.5. The van der Waals surface area contributed by atoms with Crippen LogP contribution in [-0.4, -0.2) is 58.3 Å². The molecule has 172 valence electrons. The van der Waals surface area contributed by atoms with Crippen LogP contribution in [0.1, 0.15) is 30.1 Å². The fourth-order valence-electron chi connectivity index (χ4n) is 5.25. The molecule has 1 saturated heterocycles. The van der Waals surface area contributed by atoms with E-state index in [1.807, 2.05) is 6.07 Å². The lowest BCUT2D eigenvalue weighted by Gasteiger charge is -2.34. The van der Waals surface area contributed by atoms with Crippen molar-refractivity contribution >= 4 is 11.0 Å². The van der Waals surface area contributed by atoms with Crippen LogP contribution in [0.3, 0.4) is 0 Å². The van der Waals surface area contributed by atoms with Gasteiger partial charge in [0.15, 0.2) is 11.5 Å². The number of ether oxygens (including phenoxy) is 2. The lowest BCUT2D eigenvalue weighted by atomic mass is 10.0. The molecule has 6 heterocycles. The molecule has 1 fully saturated rings. The standard InChI is InChI=1S/C24H26FN5O3/c25-19-12-28-20-1-2-23(31)30-17(10-18(19)24(20)30)14-29-5-3-15(4-6-29)26-11-16-9-21-22(13-27-16)33-8-7-32-21/h1-2,9,12-13,15,17,26H,3-8,10-11,14H2. The van der Waals surface area contributed by atoms with E-state index in [4.69, 9.17) is 9.47 Å². The van der Waals surface area contributed by atoms with Crippen molar-refractivity contribution in [3.8, 4) is 11.5 Å². The summed E-state index contributed by atoms with van der Waals surface area (Å²) in [6.07, 6.45) is 5.56. The summed E-state index contributed by atoms with van der Waals surface area (Å²) in [5.74, 6) is 1.15. The summed E-state index contributed by atoms with van der Waals surface area (Å²) in [6, 6.07) is 5.52. The van der Waals surface area contributed by atoms with Crippen molar-refractivity contribution in [1.29, 1.82) is 0 Å². The molecule has 8 nitrogen and oxygen atoms in total. The fourth-order valence-corrected chi connectivity index (χ4v) is 5.25. The molecule has 1 atom stereocenters. The van der Waals surface area contributed by atoms with Gasteiger partial charge in [-0.05, 0) is 38.4 Å². The van der Waals surface area contributed by atoms with Crippen molar-refractivity contribution in [3.63, 3.8) is 0 Å². The molecule has 0 amide bonds. The second kappa shape index (κ2) is 8.39. The maximum Gasteiger partial charge on any atom is 0.251 e. The van der Waals surface area contributed by atoms with Gasteiger partial charge in [-0.25, -0.2) is 4.39 Å². The fraction of sp³-hybridized carbons (Fsp3) is 0.458. The molecule has 0 radical (unpaired) electrons. The molecule has 3 aromatic rings. The molecule has 33 heavy (non-hydrogen) atoms. The van der Waals surface area contributed by atoms with Crippen LogP contribution in [0, 0.1) is 5.82 Å². The molecule has 0 aliphatic carbocycles. The van der Waals surface area contributed by atoms with E-state index >= 15 is 0 Å². The molecule has 3 aromatic heterocycles. The van der Waals surface area contributed by atoms with E-state index < -0.39 is 0 Å². The Bertz CT molecular complexity index is 1250. The van der Waals surface area contributed by atoms with Crippen molar-refractivity contribution in [2.45, 2.75) is 37.9 Å². The molecule has 3 aliphatic rings. The van der Waals surface area contributed by atoms with Gasteiger partial charge < -0.3 is 24.3 Å². The highest BCUT2D eigenvalue weighted by Crippen LogP contribution is 2.32. The summed E-state index contributed by atoms with van der Waals surface area (Å²) < 4.78 is 27.3. The topological polar surface area (TPSA) is 81.5 Å². The smallest absolute Gasteiger partial charge is 0.251 e. The number of piperidine rings is 1. The molecule has 0 saturated carbocycles. The van der Waals surface area contributed by atoms with Crippen molar-refractivity contribution in [3.05, 3.63) is 58.0 Å². The van der Waals surface area contributed by atoms with Crippen LogP contribution in [0.4, 0.5) is 4.39 Å². The molecule has 1 N–H and O–H groups in total. The number of nitrogens with zero attached hydrogens (tertiary/aromatic N) is 4. The second-order valence-electron chi connectivity index (χ2n) is 8.99. The molecular weight excluding hydrogens is 425 g/mol. The lowest BCUT2D eigenvalue weighted by molar-refractivity contribution is 0.169. The molecule has 0 bridgehead atoms. The van der Waals surface area contributed by atoms with Gasteiger partial charge in [0.05, 0.1) is 35.2 Å². The van der Waals surface area contributed by atoms with Gasteiger partial charge in [0.1, 0.15) is 19.0 Å². The Morgan fingerprint density at radius 1 is 1.09 bits per heavy atom. The summed E-state index contributed by atoms with van der Waals surface area (Å²) >= 11 is 0. The monoisotopic (exact) mass is 451 g/mol. The van der Waals surface area contributed by atoms with Crippen LogP contribution in [0.5, 0.6) is 11.5 Å². The first-order valence-electron chi connectivity index (χ1n) is 11.5. The Balaban J connectivity index is 1.06. The van der Waals surface area contributed by atoms with Gasteiger partial charge in [-0.2, -0.15) is 0 Å². The van der Waals surface area contributed by atoms with E-state index in [1.165, 1.54) is 12.3 Å². The number of pyridine rings is 3. The molecule has 9 heteroatoms. The number of hydrogen-bond donors (Lipinski definition) is 1. The molecule has 0 spiro atoms. The number of likely N-dealkylation sites (tertiary alicyclic amines) is 1. The maximum absolute atomic E-state index is 14.4. The number of aromatic nitrogens is 3. The van der Waals surface area contributed by atoms with E-state index in [0.717, 1.165) is 43.9 Å². The molecule has 3 aliphatic heterocycles. The summed E-state index contributed by atoms with van der Waals surface area (Å²) in [7, 11) is 0. The van der Waals surface area contributed by atoms with Crippen LogP contribution in [0.2, 0.25) is 0 Å². The van der Waals surface area contributed by atoms with Crippen molar-refractivity contribution < 1.29 is 13.9 Å². The maximum atomic E-state index is 14.4. The van der Waals surface area contributed by atoms with Crippen LogP contribution in [-0.2, 0) is 13.0 Å². The highest BCUT2D eigenvalue weighted by molar-refractivity contribution is 5.80. The van der Waals surface area contributed by atoms with E-state index in [1.54, 1.807) is 16.8 Å². The third-order valence-corrected chi connectivity index (χ3v) is 6.92. The van der Waals surface area contributed by atoms with Gasteiger partial charge in [-0.3, -0.25) is 14.8 Å². The summed E-state index contributed by atoms with van der Waals surface area (Å²) in [6.45, 7) is 4.42. The van der Waals surface area contributed by atoms with Gasteiger partial charge in [0.2, 0.25) is 0 Å². The Morgan fingerprint density at radius 3 is 2.76 bits per heavy atom. The van der Waals surface area contributed by atoms with Gasteiger partial charge >= 0.3 is 0 Å². The molecule has 0 aromatic carbocycles. The predicted molar refractivity (Wildman–Crippen MR) is 120 cm³/mol. The van der Waals surface area contributed by atoms with E-state index in [9.17, 15) is 9.18 Å². The normalized spacial score (nSPS) is 20.5. The minimum atomic E-state index is -0.319. The predicted octanol–water partition coefficient (Wildman–Crippen LogP) is 2.05. The van der Waals surface area contributed by atoms with E-state index in [0.29, 0.717) is 54.6 Å². The first-order chi connectivity index (χ1) is 16.2. The zero-order valence-corrected chi connectivity index (χ0v) is 18.3. The second-order valence-corrected chi connectivity index (χ2v) is 8.99. The van der Waals surface area contributed by atoms with E-state index in [2.05, 4.69) is 20.2 Å². The zero-order valence-electron chi connectivity index (χ0n) is 18.3. The quantitative estimate of drug-likeness (QED) is 0.636. The Hall–Kier alpha value is -3.04. The third kappa shape index (κ3) is 3.85. The highest BCUT2D eigenvalue weighted by atomic mass is 19.1. The minimum Gasteiger partial charge on any atom is -0.486 e. The largest absolute Gasteiger partial charge is 0.486 e. The molecule has 1 unspecified atom stereocenters. The van der Waals surface area contributed by atoms with Crippen molar-refractivity contribution in [2.24, 2.45) is 0 Å². The Labute approximate surface area is 190 Å². The molecular formula is C24H26FN5O3. The minimum absolute atomic E-state index is 0.0543. The average Bonchev–Trinajstić information content (AvgIpc) is 3.23. The van der Waals surface area contributed by atoms with Gasteiger partial charge in [0.25, 0.3) is 5.56 Å². The van der Waals surface area contributed by atoms with Gasteiger partial charge in [0, 0.05) is 36.8 Å². The van der Waals surface area contributed by atoms with Crippen LogP contribution >= 0.6 is 0 Å². The van der Waals surface area contributed by atoms with Crippen LogP contribution in [0.15, 0.2) is 35.4 Å². The van der Waals surface area contributed by atoms with E-state index in [-0.39, 0.29) is 17.4 Å². The van der Waals surface area contributed by atoms with Crippen molar-refractivity contribution in [1.82, 2.24) is 24.8 Å². The zero-order chi connectivity index (χ0) is 22.4. The van der Waals surface area contributed by atoms with Crippen molar-refractivity contribution in [2.75, 3.05) is 32.8 Å². The third-order valence-electron chi connectivity index (χ3n) is 6.92. The lowest BCUT2D eigenvalue weighted by Crippen LogP contribution is -2.44. The summed E-state index contributed by atoms with van der Waals surface area (Å²) in [5.41, 5.74) is 2.82. The Kier molecular flexibility index (Phi) is 5.22. The number of hydrogen-bond acceptors (Lipinski definition) is 7. The average molecular weight is 452 g/mol. The number of halogens is 1. The number of fused-ring (bicyclic) bond motifs is 1. The van der Waals surface area contributed by atoms with Gasteiger partial charge in [-0.1, -0.05) is 0 Å². The number of rotatable bonds is 5. The summed E-state index contributed by atoms with van der Waals surface area (Å²) in [4.78, 5) is 23.6. The highest BCUT2D eigenvalue weighted by Gasteiger charge is 2.30. The molecule has 6 rings (SSSR count). The summed E-state index contributed by atoms with van der Waals surface area (Å²) in [5, 5.41) is 3.61. The first kappa shape index (κ1) is 20.6.